The smallest absolute Gasteiger partial charge is 0.229 e. The number of carbonyl (C=O) groups is 1. The maximum Gasteiger partial charge on any atom is 0.229 e. The summed E-state index contributed by atoms with van der Waals surface area (Å²) in [6.07, 6.45) is 0.531. The molecule has 2 heterocycles. The van der Waals surface area contributed by atoms with Gasteiger partial charge in [0, 0.05) is 29.3 Å². The molecular weight excluding hydrogens is 292 g/mol. The van der Waals surface area contributed by atoms with E-state index in [0.717, 1.165) is 21.3 Å². The average Bonchev–Trinajstić information content (AvgIpc) is 3.02. The van der Waals surface area contributed by atoms with E-state index in [9.17, 15) is 4.79 Å². The lowest BCUT2D eigenvalue weighted by atomic mass is 10.1. The van der Waals surface area contributed by atoms with Gasteiger partial charge in [0.15, 0.2) is 5.13 Å². The number of anilines is 1. The predicted octanol–water partition coefficient (Wildman–Crippen LogP) is 3.71. The van der Waals surface area contributed by atoms with Crippen molar-refractivity contribution in [2.24, 2.45) is 5.92 Å². The van der Waals surface area contributed by atoms with Crippen LogP contribution in [-0.2, 0) is 4.79 Å². The van der Waals surface area contributed by atoms with E-state index in [0.29, 0.717) is 18.8 Å². The van der Waals surface area contributed by atoms with Gasteiger partial charge in [-0.25, -0.2) is 4.98 Å². The van der Waals surface area contributed by atoms with Gasteiger partial charge in [-0.15, -0.1) is 22.9 Å². The van der Waals surface area contributed by atoms with E-state index in [4.69, 9.17) is 11.6 Å². The quantitative estimate of drug-likeness (QED) is 0.810. The van der Waals surface area contributed by atoms with Gasteiger partial charge < -0.3 is 0 Å². The Morgan fingerprint density at radius 1 is 1.40 bits per heavy atom. The summed E-state index contributed by atoms with van der Waals surface area (Å²) in [6, 6.07) is 10.1. The van der Waals surface area contributed by atoms with Crippen LogP contribution in [0, 0.1) is 12.8 Å². The van der Waals surface area contributed by atoms with Crippen molar-refractivity contribution in [3.63, 3.8) is 0 Å². The Balaban J connectivity index is 1.92. The summed E-state index contributed by atoms with van der Waals surface area (Å²) in [5.41, 5.74) is 2.06. The zero-order chi connectivity index (χ0) is 14.1. The maximum absolute atomic E-state index is 12.0. The van der Waals surface area contributed by atoms with Gasteiger partial charge in [-0.1, -0.05) is 30.3 Å². The highest BCUT2D eigenvalue weighted by Crippen LogP contribution is 2.35. The number of nitrogens with zero attached hydrogens (tertiary/aromatic N) is 2. The molecule has 0 N–H and O–H groups in total. The number of carbonyl (C=O) groups excluding carboxylic acids is 1. The van der Waals surface area contributed by atoms with Crippen molar-refractivity contribution in [2.75, 3.05) is 17.3 Å². The van der Waals surface area contributed by atoms with E-state index in [-0.39, 0.29) is 11.8 Å². The van der Waals surface area contributed by atoms with Gasteiger partial charge in [0.25, 0.3) is 0 Å². The van der Waals surface area contributed by atoms with Gasteiger partial charge in [0.05, 0.1) is 5.69 Å². The summed E-state index contributed by atoms with van der Waals surface area (Å²) >= 11 is 7.44. The summed E-state index contributed by atoms with van der Waals surface area (Å²) in [4.78, 5) is 19.6. The monoisotopic (exact) mass is 306 g/mol. The Hall–Kier alpha value is -1.39. The SMILES string of the molecule is Cc1sc(N2CC(CCl)CC2=O)nc1-c1ccccc1. The molecule has 1 aliphatic heterocycles. The number of hydrogen-bond donors (Lipinski definition) is 0. The largest absolute Gasteiger partial charge is 0.288 e. The molecule has 104 valence electrons. The summed E-state index contributed by atoms with van der Waals surface area (Å²) in [7, 11) is 0. The molecule has 0 bridgehead atoms. The summed E-state index contributed by atoms with van der Waals surface area (Å²) in [6.45, 7) is 2.73. The Morgan fingerprint density at radius 3 is 2.80 bits per heavy atom. The molecule has 1 saturated heterocycles. The molecule has 20 heavy (non-hydrogen) atoms. The van der Waals surface area contributed by atoms with Crippen molar-refractivity contribution in [1.29, 1.82) is 0 Å². The van der Waals surface area contributed by atoms with Crippen molar-refractivity contribution < 1.29 is 4.79 Å². The molecule has 1 aromatic carbocycles. The predicted molar refractivity (Wildman–Crippen MR) is 83.5 cm³/mol. The lowest BCUT2D eigenvalue weighted by molar-refractivity contribution is -0.117. The van der Waals surface area contributed by atoms with Gasteiger partial charge in [-0.05, 0) is 12.8 Å². The van der Waals surface area contributed by atoms with E-state index in [1.54, 1.807) is 16.2 Å². The summed E-state index contributed by atoms with van der Waals surface area (Å²) in [5.74, 6) is 0.899. The fraction of sp³-hybridized carbons (Fsp3) is 0.333. The zero-order valence-corrected chi connectivity index (χ0v) is 12.7. The first-order valence-corrected chi connectivity index (χ1v) is 7.93. The van der Waals surface area contributed by atoms with E-state index in [2.05, 4.69) is 4.98 Å². The number of thiazole rings is 1. The van der Waals surface area contributed by atoms with Crippen molar-refractivity contribution in [2.45, 2.75) is 13.3 Å². The molecule has 1 aromatic heterocycles. The number of amides is 1. The van der Waals surface area contributed by atoms with Crippen LogP contribution < -0.4 is 4.90 Å². The Morgan fingerprint density at radius 2 is 2.15 bits per heavy atom. The van der Waals surface area contributed by atoms with Crippen LogP contribution in [-0.4, -0.2) is 23.3 Å². The fourth-order valence-corrected chi connectivity index (χ4v) is 3.60. The summed E-state index contributed by atoms with van der Waals surface area (Å²) < 4.78 is 0. The molecule has 0 saturated carbocycles. The number of hydrogen-bond acceptors (Lipinski definition) is 3. The minimum Gasteiger partial charge on any atom is -0.288 e. The highest BCUT2D eigenvalue weighted by atomic mass is 35.5. The second-order valence-electron chi connectivity index (χ2n) is 5.00. The van der Waals surface area contributed by atoms with E-state index in [1.165, 1.54) is 0 Å². The van der Waals surface area contributed by atoms with Crippen LogP contribution in [0.1, 0.15) is 11.3 Å². The Kier molecular flexibility index (Phi) is 3.76. The molecule has 0 spiro atoms. The van der Waals surface area contributed by atoms with Crippen LogP contribution in [0.2, 0.25) is 0 Å². The van der Waals surface area contributed by atoms with Gasteiger partial charge >= 0.3 is 0 Å². The van der Waals surface area contributed by atoms with Crippen LogP contribution in [0.25, 0.3) is 11.3 Å². The minimum absolute atomic E-state index is 0.129. The molecule has 0 aliphatic carbocycles. The van der Waals surface area contributed by atoms with Crippen LogP contribution in [0.5, 0.6) is 0 Å². The molecule has 3 rings (SSSR count). The molecule has 1 unspecified atom stereocenters. The van der Waals surface area contributed by atoms with Crippen molar-refractivity contribution in [3.05, 3.63) is 35.2 Å². The van der Waals surface area contributed by atoms with Crippen LogP contribution in [0.15, 0.2) is 30.3 Å². The first-order chi connectivity index (χ1) is 9.69. The third kappa shape index (κ3) is 2.45. The number of rotatable bonds is 3. The average molecular weight is 307 g/mol. The number of aryl methyl sites for hydroxylation is 1. The Labute approximate surface area is 127 Å². The standard InChI is InChI=1S/C15H15ClN2OS/c1-10-14(12-5-3-2-4-6-12)17-15(20-10)18-9-11(8-16)7-13(18)19/h2-6,11H,7-9H2,1H3. The van der Waals surface area contributed by atoms with Gasteiger partial charge in [0.2, 0.25) is 5.91 Å². The molecule has 0 radical (unpaired) electrons. The van der Waals surface area contributed by atoms with Crippen molar-refractivity contribution >= 4 is 34.0 Å². The molecule has 2 aromatic rings. The van der Waals surface area contributed by atoms with E-state index >= 15 is 0 Å². The fourth-order valence-electron chi connectivity index (χ4n) is 2.43. The minimum atomic E-state index is 0.129. The second-order valence-corrected chi connectivity index (χ2v) is 6.49. The first-order valence-electron chi connectivity index (χ1n) is 6.58. The third-order valence-electron chi connectivity index (χ3n) is 3.49. The summed E-state index contributed by atoms with van der Waals surface area (Å²) in [5, 5.41) is 0.791. The maximum atomic E-state index is 12.0. The van der Waals surface area contributed by atoms with Crippen molar-refractivity contribution in [3.8, 4) is 11.3 Å². The Bertz CT molecular complexity index is 626. The second kappa shape index (κ2) is 5.54. The highest BCUT2D eigenvalue weighted by molar-refractivity contribution is 7.16. The highest BCUT2D eigenvalue weighted by Gasteiger charge is 2.32. The first kappa shape index (κ1) is 13.6. The van der Waals surface area contributed by atoms with Gasteiger partial charge in [-0.2, -0.15) is 0 Å². The molecule has 1 fully saturated rings. The molecule has 1 atom stereocenters. The van der Waals surface area contributed by atoms with Crippen LogP contribution in [0.4, 0.5) is 5.13 Å². The zero-order valence-electron chi connectivity index (χ0n) is 11.2. The topological polar surface area (TPSA) is 33.2 Å². The number of halogens is 1. The van der Waals surface area contributed by atoms with Gasteiger partial charge in [-0.3, -0.25) is 9.69 Å². The number of benzene rings is 1. The number of aromatic nitrogens is 1. The normalized spacial score (nSPS) is 18.8. The van der Waals surface area contributed by atoms with E-state index < -0.39 is 0 Å². The van der Waals surface area contributed by atoms with Crippen molar-refractivity contribution in [1.82, 2.24) is 4.98 Å². The molecule has 3 nitrogen and oxygen atoms in total. The van der Waals surface area contributed by atoms with Gasteiger partial charge in [0.1, 0.15) is 0 Å². The molecule has 1 amide bonds. The van der Waals surface area contributed by atoms with Crippen LogP contribution >= 0.6 is 22.9 Å². The lowest BCUT2D eigenvalue weighted by Gasteiger charge is -2.11. The molecule has 1 aliphatic rings. The molecule has 5 heteroatoms. The number of alkyl halides is 1. The molecular formula is C15H15ClN2OS. The van der Waals surface area contributed by atoms with E-state index in [1.807, 2.05) is 37.3 Å². The lowest BCUT2D eigenvalue weighted by Crippen LogP contribution is -2.24. The van der Waals surface area contributed by atoms with Crippen LogP contribution in [0.3, 0.4) is 0 Å². The third-order valence-corrected chi connectivity index (χ3v) is 4.92.